The molecule has 126 valence electrons. The maximum absolute atomic E-state index is 12.2. The molecule has 2 aliphatic rings. The summed E-state index contributed by atoms with van der Waals surface area (Å²) in [5.74, 6) is 2.00. The molecule has 0 aliphatic heterocycles. The summed E-state index contributed by atoms with van der Waals surface area (Å²) in [6, 6.07) is 0.374. The molecule has 0 aromatic carbocycles. The van der Waals surface area contributed by atoms with Gasteiger partial charge in [0.2, 0.25) is 0 Å². The van der Waals surface area contributed by atoms with Crippen LogP contribution < -0.4 is 10.6 Å². The zero-order valence-electron chi connectivity index (χ0n) is 14.7. The summed E-state index contributed by atoms with van der Waals surface area (Å²) in [4.78, 5) is 12.2. The van der Waals surface area contributed by atoms with Gasteiger partial charge < -0.3 is 10.6 Å². The van der Waals surface area contributed by atoms with Gasteiger partial charge in [0.05, 0.1) is 0 Å². The fourth-order valence-electron chi connectivity index (χ4n) is 4.06. The summed E-state index contributed by atoms with van der Waals surface area (Å²) in [5.41, 5.74) is 1.53. The van der Waals surface area contributed by atoms with Crippen molar-refractivity contribution in [1.82, 2.24) is 10.6 Å². The van der Waals surface area contributed by atoms with Crippen LogP contribution in [-0.2, 0) is 0 Å². The number of hydrogen-bond donors (Lipinski definition) is 2. The average molecular weight is 306 g/mol. The van der Waals surface area contributed by atoms with Crippen molar-refractivity contribution in [3.8, 4) is 0 Å². The minimum atomic E-state index is 0.0289. The first kappa shape index (κ1) is 17.4. The van der Waals surface area contributed by atoms with E-state index >= 15 is 0 Å². The molecule has 0 aromatic heterocycles. The van der Waals surface area contributed by atoms with Crippen molar-refractivity contribution < 1.29 is 4.79 Å². The molecule has 3 heteroatoms. The van der Waals surface area contributed by atoms with Crippen molar-refractivity contribution >= 4 is 6.03 Å². The zero-order chi connectivity index (χ0) is 15.9. The maximum Gasteiger partial charge on any atom is 0.315 e. The molecular formula is C19H34N2O. The minimum absolute atomic E-state index is 0.0289. The van der Waals surface area contributed by atoms with Gasteiger partial charge in [-0.25, -0.2) is 4.79 Å². The van der Waals surface area contributed by atoms with Crippen molar-refractivity contribution in [3.05, 3.63) is 11.6 Å². The van der Waals surface area contributed by atoms with Crippen molar-refractivity contribution in [2.24, 2.45) is 17.8 Å². The van der Waals surface area contributed by atoms with Crippen LogP contribution in [0.4, 0.5) is 4.79 Å². The Balaban J connectivity index is 1.73. The monoisotopic (exact) mass is 306 g/mol. The van der Waals surface area contributed by atoms with Crippen LogP contribution in [0.2, 0.25) is 0 Å². The highest BCUT2D eigenvalue weighted by Gasteiger charge is 2.31. The van der Waals surface area contributed by atoms with Crippen LogP contribution in [0.5, 0.6) is 0 Å². The largest absolute Gasteiger partial charge is 0.338 e. The normalized spacial score (nSPS) is 29.1. The molecular weight excluding hydrogens is 272 g/mol. The van der Waals surface area contributed by atoms with Crippen LogP contribution in [0.1, 0.15) is 72.1 Å². The molecule has 1 saturated carbocycles. The SMILES string of the molecule is CC(C)[C@@H]1CC[C@@H](C)C[C@H]1NC(=O)NCCC1=CCCCC1. The van der Waals surface area contributed by atoms with E-state index in [1.807, 2.05) is 0 Å². The van der Waals surface area contributed by atoms with Crippen molar-refractivity contribution in [3.63, 3.8) is 0 Å². The summed E-state index contributed by atoms with van der Waals surface area (Å²) < 4.78 is 0. The first-order valence-corrected chi connectivity index (χ1v) is 9.28. The zero-order valence-corrected chi connectivity index (χ0v) is 14.7. The Morgan fingerprint density at radius 1 is 1.32 bits per heavy atom. The van der Waals surface area contributed by atoms with Gasteiger partial charge in [0.25, 0.3) is 0 Å². The average Bonchev–Trinajstić information content (AvgIpc) is 2.48. The molecule has 3 nitrogen and oxygen atoms in total. The third-order valence-corrected chi connectivity index (χ3v) is 5.46. The lowest BCUT2D eigenvalue weighted by molar-refractivity contribution is 0.168. The maximum atomic E-state index is 12.2. The molecule has 1 fully saturated rings. The Kier molecular flexibility index (Phi) is 6.78. The number of hydrogen-bond acceptors (Lipinski definition) is 1. The van der Waals surface area contributed by atoms with Crippen LogP contribution in [0.25, 0.3) is 0 Å². The molecule has 0 spiro atoms. The van der Waals surface area contributed by atoms with Gasteiger partial charge in [0.15, 0.2) is 0 Å². The molecule has 0 unspecified atom stereocenters. The van der Waals surface area contributed by atoms with Crippen LogP contribution in [0.3, 0.4) is 0 Å². The van der Waals surface area contributed by atoms with Gasteiger partial charge >= 0.3 is 6.03 Å². The van der Waals surface area contributed by atoms with Crippen molar-refractivity contribution in [1.29, 1.82) is 0 Å². The van der Waals surface area contributed by atoms with Gasteiger partial charge in [-0.15, -0.1) is 0 Å². The third-order valence-electron chi connectivity index (χ3n) is 5.46. The van der Waals surface area contributed by atoms with Crippen LogP contribution in [0, 0.1) is 17.8 Å². The highest BCUT2D eigenvalue weighted by atomic mass is 16.2. The smallest absolute Gasteiger partial charge is 0.315 e. The molecule has 22 heavy (non-hydrogen) atoms. The molecule has 0 bridgehead atoms. The van der Waals surface area contributed by atoms with Crippen LogP contribution in [0.15, 0.2) is 11.6 Å². The van der Waals surface area contributed by atoms with E-state index in [0.717, 1.165) is 25.3 Å². The van der Waals surface area contributed by atoms with E-state index in [1.54, 1.807) is 0 Å². The fraction of sp³-hybridized carbons (Fsp3) is 0.842. The van der Waals surface area contributed by atoms with Gasteiger partial charge in [-0.2, -0.15) is 0 Å². The van der Waals surface area contributed by atoms with E-state index < -0.39 is 0 Å². The second-order valence-corrected chi connectivity index (χ2v) is 7.69. The summed E-state index contributed by atoms with van der Waals surface area (Å²) in [6.07, 6.45) is 12.1. The number of rotatable bonds is 5. The molecule has 2 aliphatic carbocycles. The molecule has 0 saturated heterocycles. The van der Waals surface area contributed by atoms with Crippen molar-refractivity contribution in [2.75, 3.05) is 6.54 Å². The Hall–Kier alpha value is -0.990. The minimum Gasteiger partial charge on any atom is -0.338 e. The van der Waals surface area contributed by atoms with Gasteiger partial charge in [-0.3, -0.25) is 0 Å². The van der Waals surface area contributed by atoms with E-state index in [2.05, 4.69) is 37.5 Å². The van der Waals surface area contributed by atoms with Crippen LogP contribution >= 0.6 is 0 Å². The number of nitrogens with one attached hydrogen (secondary N) is 2. The summed E-state index contributed by atoms with van der Waals surface area (Å²) in [6.45, 7) is 7.64. The molecule has 0 heterocycles. The summed E-state index contributed by atoms with van der Waals surface area (Å²) in [5, 5.41) is 6.31. The number of carbonyl (C=O) groups excluding carboxylic acids is 1. The molecule has 3 atom stereocenters. The molecule has 0 aromatic rings. The second-order valence-electron chi connectivity index (χ2n) is 7.69. The van der Waals surface area contributed by atoms with Crippen molar-refractivity contribution in [2.45, 2.75) is 78.2 Å². The lowest BCUT2D eigenvalue weighted by Gasteiger charge is -2.37. The number of allylic oxidation sites excluding steroid dienone is 1. The Bertz CT molecular complexity index is 389. The lowest BCUT2D eigenvalue weighted by atomic mass is 9.74. The topological polar surface area (TPSA) is 41.1 Å². The summed E-state index contributed by atoms with van der Waals surface area (Å²) in [7, 11) is 0. The Morgan fingerprint density at radius 2 is 2.14 bits per heavy atom. The first-order chi connectivity index (χ1) is 10.6. The van der Waals surface area contributed by atoms with E-state index in [9.17, 15) is 4.79 Å². The Morgan fingerprint density at radius 3 is 2.82 bits per heavy atom. The highest BCUT2D eigenvalue weighted by Crippen LogP contribution is 2.33. The molecule has 0 radical (unpaired) electrons. The van der Waals surface area contributed by atoms with Gasteiger partial charge in [0, 0.05) is 12.6 Å². The second kappa shape index (κ2) is 8.59. The molecule has 2 N–H and O–H groups in total. The van der Waals surface area contributed by atoms with Gasteiger partial charge in [-0.1, -0.05) is 38.8 Å². The van der Waals surface area contributed by atoms with Crippen LogP contribution in [-0.4, -0.2) is 18.6 Å². The van der Waals surface area contributed by atoms with E-state index in [1.165, 1.54) is 44.1 Å². The van der Waals surface area contributed by atoms with Gasteiger partial charge in [0.1, 0.15) is 0 Å². The Labute approximate surface area is 136 Å². The van der Waals surface area contributed by atoms with Gasteiger partial charge in [-0.05, 0) is 62.7 Å². The molecule has 2 rings (SSSR count). The quantitative estimate of drug-likeness (QED) is 0.714. The first-order valence-electron chi connectivity index (χ1n) is 9.28. The molecule has 2 amide bonds. The number of urea groups is 1. The van der Waals surface area contributed by atoms with E-state index in [0.29, 0.717) is 17.9 Å². The predicted molar refractivity (Wildman–Crippen MR) is 92.8 cm³/mol. The van der Waals surface area contributed by atoms with E-state index in [4.69, 9.17) is 0 Å². The third kappa shape index (κ3) is 5.33. The highest BCUT2D eigenvalue weighted by molar-refractivity contribution is 5.74. The fourth-order valence-corrected chi connectivity index (χ4v) is 4.06. The standard InChI is InChI=1S/C19H34N2O/c1-14(2)17-10-9-15(3)13-18(17)21-19(22)20-12-11-16-7-5-4-6-8-16/h7,14-15,17-18H,4-6,8-13H2,1-3H3,(H2,20,21,22)/t15-,17+,18-/m1/s1. The lowest BCUT2D eigenvalue weighted by Crippen LogP contribution is -2.49. The number of carbonyl (C=O) groups is 1. The predicted octanol–water partition coefficient (Wildman–Crippen LogP) is 4.64. The van der Waals surface area contributed by atoms with E-state index in [-0.39, 0.29) is 6.03 Å². The summed E-state index contributed by atoms with van der Waals surface area (Å²) >= 11 is 0. The number of amides is 2.